The summed E-state index contributed by atoms with van der Waals surface area (Å²) in [6, 6.07) is -0.459. The van der Waals surface area contributed by atoms with Crippen molar-refractivity contribution in [3.05, 3.63) is 0 Å². The predicted octanol–water partition coefficient (Wildman–Crippen LogP) is 1.47. The summed E-state index contributed by atoms with van der Waals surface area (Å²) in [5, 5.41) is 0. The number of rotatable bonds is 5. The van der Waals surface area contributed by atoms with Gasteiger partial charge in [-0.15, -0.1) is 0 Å². The fraction of sp³-hybridized carbons (Fsp3) is 0.917. The number of hydrogen-bond acceptors (Lipinski definition) is 4. The summed E-state index contributed by atoms with van der Waals surface area (Å²) in [7, 11) is 1.59. The van der Waals surface area contributed by atoms with Crippen molar-refractivity contribution < 1.29 is 14.3 Å². The molecule has 4 nitrogen and oxygen atoms in total. The third-order valence-electron chi connectivity index (χ3n) is 3.15. The summed E-state index contributed by atoms with van der Waals surface area (Å²) >= 11 is 0. The van der Waals surface area contributed by atoms with E-state index >= 15 is 0 Å². The van der Waals surface area contributed by atoms with E-state index in [4.69, 9.17) is 15.2 Å². The molecule has 0 radical (unpaired) electrons. The summed E-state index contributed by atoms with van der Waals surface area (Å²) in [5.74, 6) is 0.0208. The molecule has 1 aliphatic rings. The van der Waals surface area contributed by atoms with E-state index in [1.807, 2.05) is 6.92 Å². The van der Waals surface area contributed by atoms with E-state index in [2.05, 4.69) is 0 Å². The number of ether oxygens (including phenoxy) is 2. The summed E-state index contributed by atoms with van der Waals surface area (Å²) in [5.41, 5.74) is 5.92. The van der Waals surface area contributed by atoms with Crippen LogP contribution in [-0.4, -0.2) is 31.8 Å². The first-order valence-electron chi connectivity index (χ1n) is 6.10. The normalized spacial score (nSPS) is 21.4. The quantitative estimate of drug-likeness (QED) is 0.725. The lowest BCUT2D eigenvalue weighted by atomic mass is 9.84. The second-order valence-electron chi connectivity index (χ2n) is 4.63. The van der Waals surface area contributed by atoms with Crippen LogP contribution in [0.2, 0.25) is 0 Å². The van der Waals surface area contributed by atoms with Crippen molar-refractivity contribution in [3.63, 3.8) is 0 Å². The van der Waals surface area contributed by atoms with E-state index in [9.17, 15) is 4.79 Å². The molecule has 0 bridgehead atoms. The van der Waals surface area contributed by atoms with Gasteiger partial charge in [0.05, 0.1) is 6.61 Å². The first-order chi connectivity index (χ1) is 7.65. The van der Waals surface area contributed by atoms with Gasteiger partial charge < -0.3 is 15.2 Å². The zero-order valence-electron chi connectivity index (χ0n) is 10.3. The summed E-state index contributed by atoms with van der Waals surface area (Å²) < 4.78 is 10.1. The monoisotopic (exact) mass is 229 g/mol. The third kappa shape index (κ3) is 4.10. The van der Waals surface area contributed by atoms with Gasteiger partial charge in [0.25, 0.3) is 0 Å². The van der Waals surface area contributed by atoms with Gasteiger partial charge in [-0.1, -0.05) is 19.3 Å². The highest BCUT2D eigenvalue weighted by molar-refractivity contribution is 5.76. The Balaban J connectivity index is 2.34. The minimum Gasteiger partial charge on any atom is -0.459 e. The molecule has 1 saturated carbocycles. The predicted molar refractivity (Wildman–Crippen MR) is 62.0 cm³/mol. The number of nitrogens with two attached hydrogens (primary N) is 1. The van der Waals surface area contributed by atoms with Crippen molar-refractivity contribution in [1.82, 2.24) is 0 Å². The van der Waals surface area contributed by atoms with Gasteiger partial charge in [0.2, 0.25) is 0 Å². The second kappa shape index (κ2) is 6.86. The zero-order chi connectivity index (χ0) is 12.0. The molecule has 1 fully saturated rings. The zero-order valence-corrected chi connectivity index (χ0v) is 10.3. The van der Waals surface area contributed by atoms with Crippen LogP contribution in [0.4, 0.5) is 0 Å². The summed E-state index contributed by atoms with van der Waals surface area (Å²) in [4.78, 5) is 11.7. The van der Waals surface area contributed by atoms with Crippen LogP contribution >= 0.6 is 0 Å². The molecule has 1 rings (SSSR count). The van der Waals surface area contributed by atoms with Crippen molar-refractivity contribution in [3.8, 4) is 0 Å². The van der Waals surface area contributed by atoms with E-state index in [-0.39, 0.29) is 12.1 Å². The number of carbonyl (C=O) groups excluding carboxylic acids is 1. The molecule has 0 aromatic rings. The lowest BCUT2D eigenvalue weighted by Gasteiger charge is -2.26. The number of esters is 1. The van der Waals surface area contributed by atoms with Crippen LogP contribution in [0, 0.1) is 5.92 Å². The van der Waals surface area contributed by atoms with Crippen molar-refractivity contribution in [2.75, 3.05) is 13.7 Å². The van der Waals surface area contributed by atoms with Crippen LogP contribution < -0.4 is 5.73 Å². The molecule has 0 heterocycles. The first-order valence-corrected chi connectivity index (χ1v) is 6.10. The molecule has 0 aromatic carbocycles. The third-order valence-corrected chi connectivity index (χ3v) is 3.15. The van der Waals surface area contributed by atoms with Gasteiger partial charge >= 0.3 is 5.97 Å². The maximum atomic E-state index is 11.7. The van der Waals surface area contributed by atoms with Gasteiger partial charge in [0.15, 0.2) is 0 Å². The van der Waals surface area contributed by atoms with Gasteiger partial charge in [-0.05, 0) is 25.7 Å². The van der Waals surface area contributed by atoms with Crippen LogP contribution in [0.15, 0.2) is 0 Å². The van der Waals surface area contributed by atoms with Crippen molar-refractivity contribution in [1.29, 1.82) is 0 Å². The molecule has 16 heavy (non-hydrogen) atoms. The number of carbonyl (C=O) groups is 1. The molecule has 2 atom stereocenters. The molecule has 4 heteroatoms. The number of hydrogen-bond donors (Lipinski definition) is 1. The molecule has 0 amide bonds. The van der Waals surface area contributed by atoms with Gasteiger partial charge in [-0.25, -0.2) is 0 Å². The molecule has 2 N–H and O–H groups in total. The Morgan fingerprint density at radius 2 is 2.00 bits per heavy atom. The fourth-order valence-electron chi connectivity index (χ4n) is 2.23. The standard InChI is InChI=1S/C12H23NO3/c1-9(8-15-2)16-12(14)11(13)10-6-4-3-5-7-10/h9-11H,3-8,13H2,1-2H3. The Labute approximate surface area is 97.5 Å². The Morgan fingerprint density at radius 3 is 2.56 bits per heavy atom. The molecule has 0 spiro atoms. The molecule has 2 unspecified atom stereocenters. The van der Waals surface area contributed by atoms with Crippen molar-refractivity contribution in [2.45, 2.75) is 51.2 Å². The molecule has 0 aromatic heterocycles. The van der Waals surface area contributed by atoms with Crippen LogP contribution in [-0.2, 0) is 14.3 Å². The highest BCUT2D eigenvalue weighted by Crippen LogP contribution is 2.26. The Bertz CT molecular complexity index is 214. The van der Waals surface area contributed by atoms with E-state index in [1.165, 1.54) is 19.3 Å². The van der Waals surface area contributed by atoms with E-state index < -0.39 is 6.04 Å². The van der Waals surface area contributed by atoms with Gasteiger partial charge in [-0.3, -0.25) is 4.79 Å². The average molecular weight is 229 g/mol. The Kier molecular flexibility index (Phi) is 5.77. The topological polar surface area (TPSA) is 61.5 Å². The van der Waals surface area contributed by atoms with Gasteiger partial charge in [0.1, 0.15) is 12.1 Å². The van der Waals surface area contributed by atoms with E-state index in [0.717, 1.165) is 12.8 Å². The van der Waals surface area contributed by atoms with E-state index in [0.29, 0.717) is 12.5 Å². The van der Waals surface area contributed by atoms with Gasteiger partial charge in [-0.2, -0.15) is 0 Å². The average Bonchev–Trinajstić information content (AvgIpc) is 2.29. The minimum atomic E-state index is -0.459. The highest BCUT2D eigenvalue weighted by atomic mass is 16.6. The lowest BCUT2D eigenvalue weighted by Crippen LogP contribution is -2.42. The molecule has 0 saturated heterocycles. The van der Waals surface area contributed by atoms with E-state index in [1.54, 1.807) is 7.11 Å². The highest BCUT2D eigenvalue weighted by Gasteiger charge is 2.28. The first kappa shape index (κ1) is 13.5. The van der Waals surface area contributed by atoms with Crippen molar-refractivity contribution in [2.24, 2.45) is 11.7 Å². The lowest BCUT2D eigenvalue weighted by molar-refractivity contribution is -0.153. The van der Waals surface area contributed by atoms with Crippen LogP contribution in [0.5, 0.6) is 0 Å². The minimum absolute atomic E-state index is 0.216. The molecule has 0 aliphatic heterocycles. The summed E-state index contributed by atoms with van der Waals surface area (Å²) in [6.45, 7) is 2.23. The maximum absolute atomic E-state index is 11.7. The Hall–Kier alpha value is -0.610. The summed E-state index contributed by atoms with van der Waals surface area (Å²) in [6.07, 6.45) is 5.51. The SMILES string of the molecule is COCC(C)OC(=O)C(N)C1CCCCC1. The fourth-order valence-corrected chi connectivity index (χ4v) is 2.23. The molecular weight excluding hydrogens is 206 g/mol. The van der Waals surface area contributed by atoms with Crippen molar-refractivity contribution >= 4 is 5.97 Å². The van der Waals surface area contributed by atoms with Crippen LogP contribution in [0.3, 0.4) is 0 Å². The maximum Gasteiger partial charge on any atom is 0.323 e. The van der Waals surface area contributed by atoms with Gasteiger partial charge in [0, 0.05) is 7.11 Å². The second-order valence-corrected chi connectivity index (χ2v) is 4.63. The van der Waals surface area contributed by atoms with Crippen LogP contribution in [0.25, 0.3) is 0 Å². The van der Waals surface area contributed by atoms with Crippen LogP contribution in [0.1, 0.15) is 39.0 Å². The molecular formula is C12H23NO3. The molecule has 1 aliphatic carbocycles. The largest absolute Gasteiger partial charge is 0.459 e. The number of methoxy groups -OCH3 is 1. The smallest absolute Gasteiger partial charge is 0.323 e. The molecule has 94 valence electrons. The Morgan fingerprint density at radius 1 is 1.38 bits per heavy atom.